The van der Waals surface area contributed by atoms with Gasteiger partial charge in [-0.05, 0) is 12.1 Å². The number of rotatable bonds is 4. The van der Waals surface area contributed by atoms with Crippen molar-refractivity contribution in [3.8, 4) is 11.6 Å². The number of anilines is 1. The number of nitrogens with one attached hydrogen (secondary N) is 1. The molecule has 0 aliphatic carbocycles. The van der Waals surface area contributed by atoms with Gasteiger partial charge in [0, 0.05) is 18.2 Å². The smallest absolute Gasteiger partial charge is 0.271 e. The van der Waals surface area contributed by atoms with E-state index in [-0.39, 0.29) is 22.3 Å². The fourth-order valence-electron chi connectivity index (χ4n) is 1.35. The van der Waals surface area contributed by atoms with Crippen molar-refractivity contribution in [1.29, 1.82) is 0 Å². The van der Waals surface area contributed by atoms with Crippen molar-refractivity contribution in [2.45, 2.75) is 0 Å². The van der Waals surface area contributed by atoms with E-state index in [1.54, 1.807) is 18.2 Å². The number of ether oxygens (including phenoxy) is 1. The molecule has 2 aromatic rings. The zero-order valence-electron chi connectivity index (χ0n) is 9.54. The van der Waals surface area contributed by atoms with Crippen LogP contribution in [0.5, 0.6) is 11.6 Å². The van der Waals surface area contributed by atoms with Crippen molar-refractivity contribution in [1.82, 2.24) is 4.98 Å². The molecule has 98 valence electrons. The average molecular weight is 281 g/mol. The average Bonchev–Trinajstić information content (AvgIpc) is 2.41. The standard InChI is InChI=1S/C11H9ClN4O3/c12-8-6-7(16(17)18)4-5-9(8)19-11-3-1-2-10(14-11)15-13/h1-6H,13H2,(H,14,15). The Kier molecular flexibility index (Phi) is 3.79. The summed E-state index contributed by atoms with van der Waals surface area (Å²) in [5.74, 6) is 6.19. The third-order valence-corrected chi connectivity index (χ3v) is 2.51. The Labute approximate surface area is 113 Å². The van der Waals surface area contributed by atoms with E-state index in [9.17, 15) is 10.1 Å². The number of pyridine rings is 1. The maximum atomic E-state index is 10.6. The highest BCUT2D eigenvalue weighted by Crippen LogP contribution is 2.31. The zero-order valence-corrected chi connectivity index (χ0v) is 10.3. The molecule has 0 fully saturated rings. The molecule has 19 heavy (non-hydrogen) atoms. The van der Waals surface area contributed by atoms with Crippen molar-refractivity contribution in [2.75, 3.05) is 5.43 Å². The van der Waals surface area contributed by atoms with Crippen LogP contribution in [0.3, 0.4) is 0 Å². The first kappa shape index (κ1) is 13.1. The van der Waals surface area contributed by atoms with Crippen molar-refractivity contribution in [2.24, 2.45) is 5.84 Å². The predicted molar refractivity (Wildman–Crippen MR) is 70.2 cm³/mol. The van der Waals surface area contributed by atoms with Crippen molar-refractivity contribution in [3.05, 3.63) is 51.5 Å². The van der Waals surface area contributed by atoms with Crippen LogP contribution in [0.15, 0.2) is 36.4 Å². The molecule has 7 nitrogen and oxygen atoms in total. The van der Waals surface area contributed by atoms with Crippen LogP contribution in [-0.2, 0) is 0 Å². The third kappa shape index (κ3) is 3.09. The Morgan fingerprint density at radius 2 is 2.16 bits per heavy atom. The van der Waals surface area contributed by atoms with Crippen LogP contribution in [0.4, 0.5) is 11.5 Å². The normalized spacial score (nSPS) is 10.0. The highest BCUT2D eigenvalue weighted by Gasteiger charge is 2.11. The first-order valence-corrected chi connectivity index (χ1v) is 5.53. The minimum absolute atomic E-state index is 0.109. The molecule has 1 aromatic heterocycles. The first-order chi connectivity index (χ1) is 9.10. The van der Waals surface area contributed by atoms with Crippen LogP contribution >= 0.6 is 11.6 Å². The lowest BCUT2D eigenvalue weighted by Gasteiger charge is -2.07. The number of nitrogens with zero attached hydrogens (tertiary/aromatic N) is 2. The number of non-ortho nitro benzene ring substituents is 1. The summed E-state index contributed by atoms with van der Waals surface area (Å²) in [6, 6.07) is 8.87. The lowest BCUT2D eigenvalue weighted by atomic mass is 10.3. The lowest BCUT2D eigenvalue weighted by Crippen LogP contribution is -2.08. The van der Waals surface area contributed by atoms with Crippen LogP contribution in [-0.4, -0.2) is 9.91 Å². The molecule has 0 aliphatic rings. The number of nitro groups is 1. The second kappa shape index (κ2) is 5.51. The quantitative estimate of drug-likeness (QED) is 0.507. The lowest BCUT2D eigenvalue weighted by molar-refractivity contribution is -0.384. The largest absolute Gasteiger partial charge is 0.437 e. The fourth-order valence-corrected chi connectivity index (χ4v) is 1.56. The third-order valence-electron chi connectivity index (χ3n) is 2.21. The highest BCUT2D eigenvalue weighted by molar-refractivity contribution is 6.32. The van der Waals surface area contributed by atoms with E-state index in [0.29, 0.717) is 5.82 Å². The van der Waals surface area contributed by atoms with Crippen LogP contribution in [0.1, 0.15) is 0 Å². The van der Waals surface area contributed by atoms with Gasteiger partial charge in [0.25, 0.3) is 5.69 Å². The number of nitrogen functional groups attached to an aromatic ring is 1. The SMILES string of the molecule is NNc1cccc(Oc2ccc([N+](=O)[O-])cc2Cl)n1. The molecule has 0 bridgehead atoms. The van der Waals surface area contributed by atoms with Gasteiger partial charge in [-0.1, -0.05) is 17.7 Å². The Bertz CT molecular complexity index is 621. The summed E-state index contributed by atoms with van der Waals surface area (Å²) in [5.41, 5.74) is 2.27. The van der Waals surface area contributed by atoms with E-state index in [1.165, 1.54) is 18.2 Å². The van der Waals surface area contributed by atoms with E-state index >= 15 is 0 Å². The van der Waals surface area contributed by atoms with Gasteiger partial charge < -0.3 is 10.2 Å². The second-order valence-electron chi connectivity index (χ2n) is 3.48. The van der Waals surface area contributed by atoms with Gasteiger partial charge in [0.05, 0.1) is 9.95 Å². The minimum Gasteiger partial charge on any atom is -0.437 e. The van der Waals surface area contributed by atoms with Gasteiger partial charge in [-0.3, -0.25) is 10.1 Å². The molecular weight excluding hydrogens is 272 g/mol. The summed E-state index contributed by atoms with van der Waals surface area (Å²) in [4.78, 5) is 14.1. The maximum absolute atomic E-state index is 10.6. The summed E-state index contributed by atoms with van der Waals surface area (Å²) in [6.45, 7) is 0. The Morgan fingerprint density at radius 3 is 2.79 bits per heavy atom. The Balaban J connectivity index is 2.25. The molecule has 1 heterocycles. The van der Waals surface area contributed by atoms with Gasteiger partial charge in [0.2, 0.25) is 5.88 Å². The maximum Gasteiger partial charge on any atom is 0.271 e. The number of benzene rings is 1. The molecule has 0 radical (unpaired) electrons. The molecule has 2 rings (SSSR count). The van der Waals surface area contributed by atoms with Gasteiger partial charge in [-0.15, -0.1) is 0 Å². The van der Waals surface area contributed by atoms with E-state index in [4.69, 9.17) is 22.2 Å². The number of hydrogen-bond acceptors (Lipinski definition) is 6. The predicted octanol–water partition coefficient (Wildman–Crippen LogP) is 2.72. The molecule has 3 N–H and O–H groups in total. The van der Waals surface area contributed by atoms with E-state index < -0.39 is 4.92 Å². The minimum atomic E-state index is -0.535. The summed E-state index contributed by atoms with van der Waals surface area (Å²) in [5, 5.41) is 10.7. The molecule has 0 atom stereocenters. The monoisotopic (exact) mass is 280 g/mol. The molecular formula is C11H9ClN4O3. The Morgan fingerprint density at radius 1 is 1.37 bits per heavy atom. The number of nitro benzene ring substituents is 1. The van der Waals surface area contributed by atoms with Gasteiger partial charge in [0.1, 0.15) is 11.6 Å². The molecule has 0 unspecified atom stereocenters. The van der Waals surface area contributed by atoms with Crippen molar-refractivity contribution >= 4 is 23.1 Å². The molecule has 1 aromatic carbocycles. The summed E-state index contributed by atoms with van der Waals surface area (Å²) in [6.07, 6.45) is 0. The summed E-state index contributed by atoms with van der Waals surface area (Å²) >= 11 is 5.90. The van der Waals surface area contributed by atoms with E-state index in [0.717, 1.165) is 0 Å². The number of nitrogens with two attached hydrogens (primary N) is 1. The number of halogens is 1. The van der Waals surface area contributed by atoms with Gasteiger partial charge >= 0.3 is 0 Å². The highest BCUT2D eigenvalue weighted by atomic mass is 35.5. The Hall–Kier alpha value is -2.38. The zero-order chi connectivity index (χ0) is 13.8. The number of hydrogen-bond donors (Lipinski definition) is 2. The molecule has 0 aliphatic heterocycles. The van der Waals surface area contributed by atoms with Crippen LogP contribution in [0.25, 0.3) is 0 Å². The summed E-state index contributed by atoms with van der Waals surface area (Å²) < 4.78 is 5.43. The molecule has 0 spiro atoms. The van der Waals surface area contributed by atoms with Crippen LogP contribution < -0.4 is 16.0 Å². The molecule has 0 amide bonds. The van der Waals surface area contributed by atoms with Gasteiger partial charge in [0.15, 0.2) is 0 Å². The number of hydrazine groups is 1. The van der Waals surface area contributed by atoms with Crippen molar-refractivity contribution < 1.29 is 9.66 Å². The fraction of sp³-hybridized carbons (Fsp3) is 0. The first-order valence-electron chi connectivity index (χ1n) is 5.15. The van der Waals surface area contributed by atoms with E-state index in [1.807, 2.05) is 0 Å². The van der Waals surface area contributed by atoms with E-state index in [2.05, 4.69) is 10.4 Å². The molecule has 0 saturated heterocycles. The topological polar surface area (TPSA) is 103 Å². The van der Waals surface area contributed by atoms with Gasteiger partial charge in [-0.2, -0.15) is 4.98 Å². The molecule has 0 saturated carbocycles. The van der Waals surface area contributed by atoms with Crippen LogP contribution in [0.2, 0.25) is 5.02 Å². The second-order valence-corrected chi connectivity index (χ2v) is 3.89. The van der Waals surface area contributed by atoms with Gasteiger partial charge in [-0.25, -0.2) is 5.84 Å². The van der Waals surface area contributed by atoms with Crippen LogP contribution in [0, 0.1) is 10.1 Å². The van der Waals surface area contributed by atoms with Crippen molar-refractivity contribution in [3.63, 3.8) is 0 Å². The number of aromatic nitrogens is 1. The molecule has 8 heteroatoms. The summed E-state index contributed by atoms with van der Waals surface area (Å²) in [7, 11) is 0.